The van der Waals surface area contributed by atoms with Gasteiger partial charge < -0.3 is 10.6 Å². The molecule has 1 unspecified atom stereocenters. The van der Waals surface area contributed by atoms with Crippen molar-refractivity contribution in [3.05, 3.63) is 42.5 Å². The summed E-state index contributed by atoms with van der Waals surface area (Å²) in [5.74, 6) is -1.34. The molecule has 0 radical (unpaired) electrons. The average molecular weight is 328 g/mol. The van der Waals surface area contributed by atoms with E-state index in [2.05, 4.69) is 17.2 Å². The number of hydrogen-bond donors (Lipinski definition) is 2. The summed E-state index contributed by atoms with van der Waals surface area (Å²) in [4.78, 5) is 23.2. The monoisotopic (exact) mass is 328 g/mol. The summed E-state index contributed by atoms with van der Waals surface area (Å²) in [5, 5.41) is 4.91. The van der Waals surface area contributed by atoms with Crippen molar-refractivity contribution in [2.24, 2.45) is 5.92 Å². The van der Waals surface area contributed by atoms with Gasteiger partial charge in [-0.25, -0.2) is 0 Å². The van der Waals surface area contributed by atoms with E-state index in [1.165, 1.54) is 24.3 Å². The Morgan fingerprint density at radius 2 is 1.78 bits per heavy atom. The van der Waals surface area contributed by atoms with Gasteiger partial charge >= 0.3 is 6.18 Å². The molecule has 1 rings (SSSR count). The lowest BCUT2D eigenvalue weighted by Gasteiger charge is -2.23. The van der Waals surface area contributed by atoms with E-state index in [-0.39, 0.29) is 11.5 Å². The van der Waals surface area contributed by atoms with Crippen LogP contribution in [0.15, 0.2) is 36.9 Å². The number of halogens is 3. The van der Waals surface area contributed by atoms with Crippen molar-refractivity contribution in [3.63, 3.8) is 0 Å². The van der Waals surface area contributed by atoms with Crippen molar-refractivity contribution in [2.45, 2.75) is 32.5 Å². The molecule has 0 spiro atoms. The Bertz CT molecular complexity index is 566. The number of anilines is 1. The topological polar surface area (TPSA) is 58.2 Å². The zero-order chi connectivity index (χ0) is 17.6. The van der Waals surface area contributed by atoms with Crippen LogP contribution in [-0.4, -0.2) is 24.0 Å². The van der Waals surface area contributed by atoms with Crippen molar-refractivity contribution in [1.82, 2.24) is 5.32 Å². The summed E-state index contributed by atoms with van der Waals surface area (Å²) in [5.41, 5.74) is 0.677. The van der Waals surface area contributed by atoms with Crippen LogP contribution in [0.1, 0.15) is 30.6 Å². The maximum Gasteiger partial charge on any atom is 0.391 e. The lowest BCUT2D eigenvalue weighted by Crippen LogP contribution is -2.41. The molecule has 4 nitrogen and oxygen atoms in total. The van der Waals surface area contributed by atoms with Crippen molar-refractivity contribution in [1.29, 1.82) is 0 Å². The molecule has 0 aliphatic heterocycles. The highest BCUT2D eigenvalue weighted by atomic mass is 19.4. The maximum atomic E-state index is 12.5. The highest BCUT2D eigenvalue weighted by Gasteiger charge is 2.34. The fourth-order valence-corrected chi connectivity index (χ4v) is 1.85. The first kappa shape index (κ1) is 18.7. The predicted octanol–water partition coefficient (Wildman–Crippen LogP) is 3.52. The minimum atomic E-state index is -4.35. The molecule has 126 valence electrons. The Morgan fingerprint density at radius 3 is 2.22 bits per heavy atom. The Balaban J connectivity index is 2.76. The second-order valence-corrected chi connectivity index (χ2v) is 5.41. The second-order valence-electron chi connectivity index (χ2n) is 5.41. The van der Waals surface area contributed by atoms with Gasteiger partial charge in [0.05, 0.1) is 6.42 Å². The molecule has 23 heavy (non-hydrogen) atoms. The molecule has 2 amide bonds. The van der Waals surface area contributed by atoms with Crippen molar-refractivity contribution >= 4 is 17.5 Å². The summed E-state index contributed by atoms with van der Waals surface area (Å²) >= 11 is 0. The van der Waals surface area contributed by atoms with E-state index in [0.717, 1.165) is 6.08 Å². The van der Waals surface area contributed by atoms with Crippen LogP contribution in [0.3, 0.4) is 0 Å². The lowest BCUT2D eigenvalue weighted by molar-refractivity contribution is -0.141. The third kappa shape index (κ3) is 6.54. The van der Waals surface area contributed by atoms with Gasteiger partial charge in [-0.2, -0.15) is 13.2 Å². The number of rotatable bonds is 6. The Morgan fingerprint density at radius 1 is 1.22 bits per heavy atom. The Hall–Kier alpha value is -2.31. The molecule has 1 aromatic carbocycles. The molecule has 0 aliphatic carbocycles. The molecular formula is C16H19F3N2O2. The van der Waals surface area contributed by atoms with Gasteiger partial charge in [0, 0.05) is 17.3 Å². The van der Waals surface area contributed by atoms with Gasteiger partial charge in [0.1, 0.15) is 0 Å². The molecule has 7 heteroatoms. The van der Waals surface area contributed by atoms with E-state index < -0.39 is 30.5 Å². The lowest BCUT2D eigenvalue weighted by atomic mass is 10.00. The van der Waals surface area contributed by atoms with Crippen LogP contribution in [0, 0.1) is 5.92 Å². The van der Waals surface area contributed by atoms with E-state index in [0.29, 0.717) is 5.69 Å². The average Bonchev–Trinajstić information content (AvgIpc) is 2.45. The molecule has 0 aromatic heterocycles. The van der Waals surface area contributed by atoms with Crippen LogP contribution >= 0.6 is 0 Å². The minimum absolute atomic E-state index is 0.217. The number of alkyl halides is 3. The zero-order valence-electron chi connectivity index (χ0n) is 12.9. The number of amides is 2. The third-order valence-corrected chi connectivity index (χ3v) is 3.17. The Labute approximate surface area is 132 Å². The number of carbonyl (C=O) groups excluding carboxylic acids is 2. The van der Waals surface area contributed by atoms with Crippen LogP contribution in [0.4, 0.5) is 18.9 Å². The molecule has 1 aromatic rings. The highest BCUT2D eigenvalue weighted by Crippen LogP contribution is 2.24. The molecule has 0 saturated carbocycles. The van der Waals surface area contributed by atoms with Gasteiger partial charge in [-0.3, -0.25) is 9.59 Å². The quantitative estimate of drug-likeness (QED) is 0.785. The smallest absolute Gasteiger partial charge is 0.349 e. The number of nitrogens with one attached hydrogen (secondary N) is 2. The second kappa shape index (κ2) is 7.80. The molecule has 2 N–H and O–H groups in total. The van der Waals surface area contributed by atoms with Crippen molar-refractivity contribution in [2.75, 3.05) is 5.32 Å². The van der Waals surface area contributed by atoms with E-state index >= 15 is 0 Å². The fraction of sp³-hybridized carbons (Fsp3) is 0.375. The van der Waals surface area contributed by atoms with E-state index in [1.807, 2.05) is 0 Å². The predicted molar refractivity (Wildman–Crippen MR) is 82.0 cm³/mol. The van der Waals surface area contributed by atoms with Crippen molar-refractivity contribution in [3.8, 4) is 0 Å². The van der Waals surface area contributed by atoms with Gasteiger partial charge in [0.2, 0.25) is 5.91 Å². The van der Waals surface area contributed by atoms with Gasteiger partial charge in [-0.15, -0.1) is 0 Å². The van der Waals surface area contributed by atoms with Gasteiger partial charge in [-0.1, -0.05) is 20.4 Å². The SMILES string of the molecule is C=CC(=O)Nc1ccc(C(=O)NC(CC(F)(F)F)C(C)C)cc1. The number of benzene rings is 1. The summed E-state index contributed by atoms with van der Waals surface area (Å²) in [7, 11) is 0. The third-order valence-electron chi connectivity index (χ3n) is 3.17. The van der Waals surface area contributed by atoms with E-state index in [4.69, 9.17) is 0 Å². The summed E-state index contributed by atoms with van der Waals surface area (Å²) < 4.78 is 37.6. The molecular weight excluding hydrogens is 309 g/mol. The van der Waals surface area contributed by atoms with Crippen LogP contribution in [0.2, 0.25) is 0 Å². The molecule has 0 bridgehead atoms. The first-order valence-electron chi connectivity index (χ1n) is 7.03. The van der Waals surface area contributed by atoms with E-state index in [1.54, 1.807) is 13.8 Å². The highest BCUT2D eigenvalue weighted by molar-refractivity contribution is 5.99. The minimum Gasteiger partial charge on any atom is -0.349 e. The molecule has 0 aliphatic rings. The first-order chi connectivity index (χ1) is 10.6. The Kier molecular flexibility index (Phi) is 6.36. The molecule has 1 atom stereocenters. The molecule has 0 saturated heterocycles. The number of hydrogen-bond acceptors (Lipinski definition) is 2. The van der Waals surface area contributed by atoms with Gasteiger partial charge in [-0.05, 0) is 36.3 Å². The largest absolute Gasteiger partial charge is 0.391 e. The van der Waals surface area contributed by atoms with Crippen LogP contribution in [0.25, 0.3) is 0 Å². The van der Waals surface area contributed by atoms with Gasteiger partial charge in [0.15, 0.2) is 0 Å². The molecule has 0 fully saturated rings. The molecule has 0 heterocycles. The normalized spacial score (nSPS) is 12.6. The van der Waals surface area contributed by atoms with Crippen LogP contribution in [-0.2, 0) is 4.79 Å². The standard InChI is InChI=1S/C16H19F3N2O2/c1-4-14(22)20-12-7-5-11(6-8-12)15(23)21-13(10(2)3)9-16(17,18)19/h4-8,10,13H,1,9H2,2-3H3,(H,20,22)(H,21,23). The van der Waals surface area contributed by atoms with Crippen LogP contribution in [0.5, 0.6) is 0 Å². The summed E-state index contributed by atoms with van der Waals surface area (Å²) in [6.07, 6.45) is -4.32. The summed E-state index contributed by atoms with van der Waals surface area (Å²) in [6.45, 7) is 6.54. The maximum absolute atomic E-state index is 12.5. The summed E-state index contributed by atoms with van der Waals surface area (Å²) in [6, 6.07) is 4.84. The fourth-order valence-electron chi connectivity index (χ4n) is 1.85. The van der Waals surface area contributed by atoms with Gasteiger partial charge in [0.25, 0.3) is 5.91 Å². The van der Waals surface area contributed by atoms with Crippen molar-refractivity contribution < 1.29 is 22.8 Å². The van der Waals surface area contributed by atoms with E-state index in [9.17, 15) is 22.8 Å². The first-order valence-corrected chi connectivity index (χ1v) is 7.03. The van der Waals surface area contributed by atoms with Crippen LogP contribution < -0.4 is 10.6 Å². The zero-order valence-corrected chi connectivity index (χ0v) is 12.9. The number of carbonyl (C=O) groups is 2.